The van der Waals surface area contributed by atoms with Crippen LogP contribution in [0.25, 0.3) is 0 Å². The predicted molar refractivity (Wildman–Crippen MR) is 158 cm³/mol. The maximum absolute atomic E-state index is 12.9. The van der Waals surface area contributed by atoms with Crippen molar-refractivity contribution >= 4 is 29.5 Å². The zero-order valence-corrected chi connectivity index (χ0v) is 24.0. The Labute approximate surface area is 234 Å². The number of carbonyl (C=O) groups excluding carboxylic acids is 3. The fourth-order valence-corrected chi connectivity index (χ4v) is 4.27. The van der Waals surface area contributed by atoms with Gasteiger partial charge in [0.1, 0.15) is 12.3 Å². The van der Waals surface area contributed by atoms with Gasteiger partial charge >= 0.3 is 0 Å². The van der Waals surface area contributed by atoms with Crippen LogP contribution >= 0.6 is 0 Å². The first kappa shape index (κ1) is 31.9. The smallest absolute Gasteiger partial charge is 0.251 e. The molecule has 0 aliphatic carbocycles. The zero-order chi connectivity index (χ0) is 28.3. The van der Waals surface area contributed by atoms with Crippen LogP contribution in [0, 0.1) is 5.92 Å². The molecule has 2 aromatic carbocycles. The van der Waals surface area contributed by atoms with Gasteiger partial charge in [-0.3, -0.25) is 14.4 Å². The van der Waals surface area contributed by atoms with Gasteiger partial charge in [-0.05, 0) is 60.9 Å². The van der Waals surface area contributed by atoms with Crippen LogP contribution in [0.4, 0.5) is 11.4 Å². The van der Waals surface area contributed by atoms with Crippen LogP contribution in [0.2, 0.25) is 0 Å². The highest BCUT2D eigenvalue weighted by Gasteiger charge is 2.26. The third kappa shape index (κ3) is 12.4. The Kier molecular flexibility index (Phi) is 15.4. The van der Waals surface area contributed by atoms with Crippen LogP contribution in [0.15, 0.2) is 58.8 Å². The van der Waals surface area contributed by atoms with Crippen LogP contribution in [0.3, 0.4) is 0 Å². The lowest BCUT2D eigenvalue weighted by molar-refractivity contribution is -0.124. The highest BCUT2D eigenvalue weighted by Crippen LogP contribution is 2.19. The molecule has 0 saturated heterocycles. The molecule has 39 heavy (non-hydrogen) atoms. The molecular weight excluding hydrogens is 488 g/mol. The summed E-state index contributed by atoms with van der Waals surface area (Å²) in [4.78, 5) is 36.6. The maximum Gasteiger partial charge on any atom is 0.251 e. The van der Waals surface area contributed by atoms with E-state index in [-0.39, 0.29) is 17.7 Å². The minimum absolute atomic E-state index is 0.0142. The minimum Gasteiger partial charge on any atom is -0.354 e. The molecule has 0 spiro atoms. The average molecular weight is 535 g/mol. The van der Waals surface area contributed by atoms with E-state index < -0.39 is 6.04 Å². The fraction of sp³-hybridized carbons (Fsp3) is 0.531. The molecule has 0 aliphatic rings. The molecule has 0 heterocycles. The third-order valence-electron chi connectivity index (χ3n) is 7.05. The first-order valence-corrected chi connectivity index (χ1v) is 14.6. The Morgan fingerprint density at radius 3 is 1.79 bits per heavy atom. The summed E-state index contributed by atoms with van der Waals surface area (Å²) in [6, 6.07) is 13.0. The molecule has 2 atom stereocenters. The number of nitrogens with one attached hydrogen (secondary N) is 2. The number of benzene rings is 2. The van der Waals surface area contributed by atoms with Gasteiger partial charge in [0.2, 0.25) is 5.91 Å². The van der Waals surface area contributed by atoms with Gasteiger partial charge in [0.15, 0.2) is 0 Å². The fourth-order valence-electron chi connectivity index (χ4n) is 4.27. The van der Waals surface area contributed by atoms with Crippen LogP contribution < -0.4 is 10.6 Å². The van der Waals surface area contributed by atoms with E-state index in [9.17, 15) is 14.4 Å². The molecule has 2 N–H and O–H groups in total. The number of hydrogen-bond acceptors (Lipinski definition) is 5. The SMILES string of the molecule is CCCCCCCCCCCCNC(=O)[C@@H](NC(=O)c1ccc(N=Nc2ccc(C=O)cc2)cc1)[C@@H](C)CC. The first-order chi connectivity index (χ1) is 19.0. The van der Waals surface area contributed by atoms with E-state index in [1.54, 1.807) is 48.5 Å². The maximum atomic E-state index is 12.9. The lowest BCUT2D eigenvalue weighted by Gasteiger charge is -2.23. The van der Waals surface area contributed by atoms with Crippen molar-refractivity contribution in [2.75, 3.05) is 6.54 Å². The summed E-state index contributed by atoms with van der Waals surface area (Å²) < 4.78 is 0. The Morgan fingerprint density at radius 2 is 1.28 bits per heavy atom. The second-order valence-electron chi connectivity index (χ2n) is 10.3. The molecule has 2 amide bonds. The summed E-state index contributed by atoms with van der Waals surface area (Å²) in [5, 5.41) is 14.3. The summed E-state index contributed by atoms with van der Waals surface area (Å²) in [6.45, 7) is 6.88. The Morgan fingerprint density at radius 1 is 0.769 bits per heavy atom. The first-order valence-electron chi connectivity index (χ1n) is 14.6. The number of aldehydes is 1. The van der Waals surface area contributed by atoms with Gasteiger partial charge in [-0.25, -0.2) is 0 Å². The molecule has 0 saturated carbocycles. The molecule has 2 aromatic rings. The van der Waals surface area contributed by atoms with E-state index in [0.717, 1.165) is 25.5 Å². The number of azo groups is 1. The Hall–Kier alpha value is -3.35. The monoisotopic (exact) mass is 534 g/mol. The summed E-state index contributed by atoms with van der Waals surface area (Å²) in [7, 11) is 0. The molecule has 0 aliphatic heterocycles. The van der Waals surface area contributed by atoms with Crippen LogP contribution in [0.5, 0.6) is 0 Å². The van der Waals surface area contributed by atoms with Crippen molar-refractivity contribution in [2.24, 2.45) is 16.1 Å². The number of unbranched alkanes of at least 4 members (excludes halogenated alkanes) is 9. The van der Waals surface area contributed by atoms with E-state index in [1.807, 2.05) is 13.8 Å². The molecule has 0 aromatic heterocycles. The number of hydrogen-bond donors (Lipinski definition) is 2. The summed E-state index contributed by atoms with van der Waals surface area (Å²) in [5.41, 5.74) is 2.26. The number of rotatable bonds is 19. The van der Waals surface area contributed by atoms with Gasteiger partial charge in [-0.1, -0.05) is 85.0 Å². The lowest BCUT2D eigenvalue weighted by atomic mass is 9.97. The highest BCUT2D eigenvalue weighted by atomic mass is 16.2. The van der Waals surface area contributed by atoms with Crippen molar-refractivity contribution < 1.29 is 14.4 Å². The number of carbonyl (C=O) groups is 3. The van der Waals surface area contributed by atoms with Crippen molar-refractivity contribution in [3.8, 4) is 0 Å². The van der Waals surface area contributed by atoms with Gasteiger partial charge in [-0.15, -0.1) is 0 Å². The molecule has 0 radical (unpaired) electrons. The molecular formula is C32H46N4O3. The molecule has 0 unspecified atom stereocenters. The van der Waals surface area contributed by atoms with Gasteiger partial charge < -0.3 is 10.6 Å². The van der Waals surface area contributed by atoms with E-state index in [0.29, 0.717) is 29.0 Å². The van der Waals surface area contributed by atoms with Crippen LogP contribution in [-0.4, -0.2) is 30.7 Å². The van der Waals surface area contributed by atoms with Gasteiger partial charge in [0.05, 0.1) is 11.4 Å². The normalized spacial score (nSPS) is 12.7. The minimum atomic E-state index is -0.584. The standard InChI is InChI=1S/C32H46N4O3/c1-4-6-7-8-9-10-11-12-13-14-23-33-32(39)30(25(3)5-2)34-31(38)27-17-21-29(22-18-27)36-35-28-19-15-26(24-37)16-20-28/h15-22,24-25,30H,4-14,23H2,1-3H3,(H,33,39)(H,34,38)/t25-,30-/m0/s1. The van der Waals surface area contributed by atoms with Crippen LogP contribution in [0.1, 0.15) is 112 Å². The van der Waals surface area contributed by atoms with Crippen molar-refractivity contribution in [2.45, 2.75) is 97.4 Å². The van der Waals surface area contributed by atoms with E-state index in [1.165, 1.54) is 51.4 Å². The van der Waals surface area contributed by atoms with Gasteiger partial charge in [-0.2, -0.15) is 10.2 Å². The molecule has 2 rings (SSSR count). The largest absolute Gasteiger partial charge is 0.354 e. The van der Waals surface area contributed by atoms with Gasteiger partial charge in [0.25, 0.3) is 5.91 Å². The van der Waals surface area contributed by atoms with E-state index >= 15 is 0 Å². The topological polar surface area (TPSA) is 100.0 Å². The Bertz CT molecular complexity index is 1020. The van der Waals surface area contributed by atoms with Crippen molar-refractivity contribution in [1.82, 2.24) is 10.6 Å². The second-order valence-corrected chi connectivity index (χ2v) is 10.3. The molecule has 7 nitrogen and oxygen atoms in total. The van der Waals surface area contributed by atoms with Crippen LogP contribution in [-0.2, 0) is 4.79 Å². The second kappa shape index (κ2) is 18.8. The average Bonchev–Trinajstić information content (AvgIpc) is 2.97. The predicted octanol–water partition coefficient (Wildman–Crippen LogP) is 8.10. The summed E-state index contributed by atoms with van der Waals surface area (Å²) >= 11 is 0. The third-order valence-corrected chi connectivity index (χ3v) is 7.05. The van der Waals surface area contributed by atoms with Gasteiger partial charge in [0, 0.05) is 17.7 Å². The molecule has 0 bridgehead atoms. The molecule has 7 heteroatoms. The summed E-state index contributed by atoms with van der Waals surface area (Å²) in [5.74, 6) is -0.401. The highest BCUT2D eigenvalue weighted by molar-refractivity contribution is 5.97. The quantitative estimate of drug-likeness (QED) is 0.108. The zero-order valence-electron chi connectivity index (χ0n) is 24.0. The van der Waals surface area contributed by atoms with Crippen molar-refractivity contribution in [3.05, 3.63) is 59.7 Å². The molecule has 212 valence electrons. The van der Waals surface area contributed by atoms with E-state index in [4.69, 9.17) is 0 Å². The molecule has 0 fully saturated rings. The van der Waals surface area contributed by atoms with Crippen molar-refractivity contribution in [3.63, 3.8) is 0 Å². The van der Waals surface area contributed by atoms with Crippen molar-refractivity contribution in [1.29, 1.82) is 0 Å². The number of amides is 2. The number of nitrogens with zero attached hydrogens (tertiary/aromatic N) is 2. The summed E-state index contributed by atoms with van der Waals surface area (Å²) in [6.07, 6.45) is 14.1. The van der Waals surface area contributed by atoms with E-state index in [2.05, 4.69) is 27.8 Å². The Balaban J connectivity index is 1.78. The lowest BCUT2D eigenvalue weighted by Crippen LogP contribution is -2.50.